The van der Waals surface area contributed by atoms with Gasteiger partial charge in [-0.1, -0.05) is 0 Å². The third-order valence-electron chi connectivity index (χ3n) is 3.10. The van der Waals surface area contributed by atoms with Crippen LogP contribution in [0.5, 0.6) is 17.2 Å². The van der Waals surface area contributed by atoms with Crippen molar-refractivity contribution in [2.24, 2.45) is 0 Å². The highest BCUT2D eigenvalue weighted by atomic mass is 16.5. The zero-order valence-corrected chi connectivity index (χ0v) is 10.1. The molecule has 1 heterocycles. The van der Waals surface area contributed by atoms with Crippen molar-refractivity contribution in [3.05, 3.63) is 29.8 Å². The van der Waals surface area contributed by atoms with Crippen molar-refractivity contribution in [1.82, 2.24) is 0 Å². The van der Waals surface area contributed by atoms with Crippen LogP contribution in [0.4, 0.5) is 0 Å². The van der Waals surface area contributed by atoms with E-state index in [0.29, 0.717) is 22.8 Å². The van der Waals surface area contributed by atoms with Gasteiger partial charge in [-0.2, -0.15) is 0 Å². The number of hydrogen-bond acceptors (Lipinski definition) is 4. The average molecular weight is 244 g/mol. The van der Waals surface area contributed by atoms with Crippen molar-refractivity contribution in [3.63, 3.8) is 0 Å². The summed E-state index contributed by atoms with van der Waals surface area (Å²) in [7, 11) is 3.18. The summed E-state index contributed by atoms with van der Waals surface area (Å²) in [6.45, 7) is 0.125. The quantitative estimate of drug-likeness (QED) is 0.813. The van der Waals surface area contributed by atoms with Crippen molar-refractivity contribution in [3.8, 4) is 17.2 Å². The van der Waals surface area contributed by atoms with Crippen molar-refractivity contribution in [2.75, 3.05) is 20.8 Å². The number of Topliss-reactive ketones (excluding diaryl/α,β-unsaturated/α-hetero) is 1. The van der Waals surface area contributed by atoms with E-state index in [2.05, 4.69) is 0 Å². The number of hydrogen-bond donors (Lipinski definition) is 0. The Bertz CT molecular complexity index is 646. The lowest BCUT2D eigenvalue weighted by atomic mass is 10.0. The van der Waals surface area contributed by atoms with Gasteiger partial charge in [0.1, 0.15) is 5.75 Å². The molecular formula is C14H12O4. The number of benzene rings is 2. The van der Waals surface area contributed by atoms with Crippen LogP contribution in [0.15, 0.2) is 24.3 Å². The lowest BCUT2D eigenvalue weighted by molar-refractivity contribution is 0.0961. The minimum Gasteiger partial charge on any atom is -0.493 e. The minimum absolute atomic E-state index is 0.0154. The van der Waals surface area contributed by atoms with Crippen molar-refractivity contribution < 1.29 is 19.0 Å². The number of carbonyl (C=O) groups is 1. The maximum atomic E-state index is 11.6. The zero-order valence-electron chi connectivity index (χ0n) is 10.1. The fourth-order valence-electron chi connectivity index (χ4n) is 2.16. The molecule has 0 aliphatic carbocycles. The number of methoxy groups -OCH3 is 2. The van der Waals surface area contributed by atoms with Crippen LogP contribution in [-0.2, 0) is 0 Å². The van der Waals surface area contributed by atoms with Gasteiger partial charge in [-0.25, -0.2) is 0 Å². The fraction of sp³-hybridized carbons (Fsp3) is 0.214. The summed E-state index contributed by atoms with van der Waals surface area (Å²) in [5, 5.41) is 1.89. The molecule has 0 bridgehead atoms. The first-order chi connectivity index (χ1) is 8.72. The Balaban J connectivity index is 2.27. The predicted molar refractivity (Wildman–Crippen MR) is 66.9 cm³/mol. The van der Waals surface area contributed by atoms with E-state index in [1.54, 1.807) is 14.2 Å². The third-order valence-corrected chi connectivity index (χ3v) is 3.10. The Kier molecular flexibility index (Phi) is 2.37. The topological polar surface area (TPSA) is 44.8 Å². The van der Waals surface area contributed by atoms with Crippen molar-refractivity contribution >= 4 is 16.6 Å². The second-order valence-corrected chi connectivity index (χ2v) is 4.11. The molecule has 4 nitrogen and oxygen atoms in total. The lowest BCUT2D eigenvalue weighted by Crippen LogP contribution is -1.98. The largest absolute Gasteiger partial charge is 0.493 e. The Morgan fingerprint density at radius 2 is 1.61 bits per heavy atom. The van der Waals surface area contributed by atoms with E-state index in [1.807, 2.05) is 24.3 Å². The summed E-state index contributed by atoms with van der Waals surface area (Å²) in [6, 6.07) is 7.43. The highest BCUT2D eigenvalue weighted by Gasteiger charge is 2.22. The summed E-state index contributed by atoms with van der Waals surface area (Å²) in [5.74, 6) is 1.96. The molecule has 2 aromatic carbocycles. The standard InChI is InChI=1S/C14H12O4/c1-16-13-5-8-3-10-11(15)7-18-12(10)4-9(8)6-14(13)17-2/h3-6H,7H2,1-2H3. The van der Waals surface area contributed by atoms with Crippen LogP contribution in [-0.4, -0.2) is 26.6 Å². The second-order valence-electron chi connectivity index (χ2n) is 4.11. The molecule has 0 radical (unpaired) electrons. The van der Waals surface area contributed by atoms with Crippen LogP contribution < -0.4 is 14.2 Å². The summed E-state index contributed by atoms with van der Waals surface area (Å²) in [4.78, 5) is 11.6. The molecule has 1 aliphatic rings. The Labute approximate surface area is 104 Å². The number of rotatable bonds is 2. The van der Waals surface area contributed by atoms with E-state index in [0.717, 1.165) is 10.8 Å². The molecule has 4 heteroatoms. The summed E-state index contributed by atoms with van der Waals surface area (Å²) in [6.07, 6.45) is 0. The van der Waals surface area contributed by atoms with Crippen LogP contribution in [0.2, 0.25) is 0 Å². The number of ketones is 1. The van der Waals surface area contributed by atoms with E-state index < -0.39 is 0 Å². The molecule has 0 saturated heterocycles. The Hall–Kier alpha value is -2.23. The van der Waals surface area contributed by atoms with E-state index in [-0.39, 0.29) is 12.4 Å². The Morgan fingerprint density at radius 1 is 1.00 bits per heavy atom. The molecule has 18 heavy (non-hydrogen) atoms. The van der Waals surface area contributed by atoms with Gasteiger partial charge in [0.15, 0.2) is 18.1 Å². The van der Waals surface area contributed by atoms with Gasteiger partial charge >= 0.3 is 0 Å². The fourth-order valence-corrected chi connectivity index (χ4v) is 2.16. The van der Waals surface area contributed by atoms with Gasteiger partial charge < -0.3 is 14.2 Å². The maximum absolute atomic E-state index is 11.6. The molecule has 0 spiro atoms. The molecule has 92 valence electrons. The normalized spacial score (nSPS) is 13.3. The lowest BCUT2D eigenvalue weighted by Gasteiger charge is -2.09. The predicted octanol–water partition coefficient (Wildman–Crippen LogP) is 2.43. The van der Waals surface area contributed by atoms with Gasteiger partial charge in [0.25, 0.3) is 0 Å². The van der Waals surface area contributed by atoms with Crippen LogP contribution in [0.3, 0.4) is 0 Å². The molecule has 3 rings (SSSR count). The van der Waals surface area contributed by atoms with E-state index in [9.17, 15) is 4.79 Å². The van der Waals surface area contributed by atoms with Crippen LogP contribution in [0, 0.1) is 0 Å². The number of carbonyl (C=O) groups excluding carboxylic acids is 1. The van der Waals surface area contributed by atoms with E-state index in [4.69, 9.17) is 14.2 Å². The van der Waals surface area contributed by atoms with Gasteiger partial charge in [0.2, 0.25) is 5.78 Å². The molecule has 0 saturated carbocycles. The van der Waals surface area contributed by atoms with Gasteiger partial charge in [-0.3, -0.25) is 4.79 Å². The SMILES string of the molecule is COc1cc2cc3c(cc2cc1OC)C(=O)CO3. The monoisotopic (exact) mass is 244 g/mol. The van der Waals surface area contributed by atoms with Gasteiger partial charge in [0.05, 0.1) is 19.8 Å². The molecule has 0 N–H and O–H groups in total. The minimum atomic E-state index is 0.0154. The second kappa shape index (κ2) is 3.91. The van der Waals surface area contributed by atoms with Crippen LogP contribution >= 0.6 is 0 Å². The molecule has 1 aliphatic heterocycles. The first kappa shape index (κ1) is 10.9. The molecule has 0 unspecified atom stereocenters. The molecule has 0 fully saturated rings. The molecule has 0 amide bonds. The first-order valence-corrected chi connectivity index (χ1v) is 5.58. The summed E-state index contributed by atoms with van der Waals surface area (Å²) >= 11 is 0. The highest BCUT2D eigenvalue weighted by molar-refractivity contribution is 6.06. The van der Waals surface area contributed by atoms with E-state index >= 15 is 0 Å². The van der Waals surface area contributed by atoms with Crippen LogP contribution in [0.1, 0.15) is 10.4 Å². The zero-order chi connectivity index (χ0) is 12.7. The third kappa shape index (κ3) is 1.49. The summed E-state index contributed by atoms with van der Waals surface area (Å²) in [5.41, 5.74) is 0.634. The molecule has 0 aromatic heterocycles. The van der Waals surface area contributed by atoms with Crippen molar-refractivity contribution in [1.29, 1.82) is 0 Å². The van der Waals surface area contributed by atoms with Crippen LogP contribution in [0.25, 0.3) is 10.8 Å². The highest BCUT2D eigenvalue weighted by Crippen LogP contribution is 2.36. The first-order valence-electron chi connectivity index (χ1n) is 5.58. The number of ether oxygens (including phenoxy) is 3. The van der Waals surface area contributed by atoms with E-state index in [1.165, 1.54) is 0 Å². The van der Waals surface area contributed by atoms with Crippen molar-refractivity contribution in [2.45, 2.75) is 0 Å². The smallest absolute Gasteiger partial charge is 0.203 e. The molecule has 2 aromatic rings. The average Bonchev–Trinajstić information content (AvgIpc) is 2.75. The molecule has 0 atom stereocenters. The number of fused-ring (bicyclic) bond motifs is 2. The van der Waals surface area contributed by atoms with Gasteiger partial charge in [0, 0.05) is 0 Å². The Morgan fingerprint density at radius 3 is 2.22 bits per heavy atom. The van der Waals surface area contributed by atoms with Gasteiger partial charge in [-0.15, -0.1) is 0 Å². The maximum Gasteiger partial charge on any atom is 0.203 e. The molecular weight excluding hydrogens is 232 g/mol. The summed E-state index contributed by atoms with van der Waals surface area (Å²) < 4.78 is 15.8. The van der Waals surface area contributed by atoms with Gasteiger partial charge in [-0.05, 0) is 35.0 Å².